The summed E-state index contributed by atoms with van der Waals surface area (Å²) in [6.07, 6.45) is 6.04. The fourth-order valence-electron chi connectivity index (χ4n) is 5.24. The first kappa shape index (κ1) is 19.4. The Kier molecular flexibility index (Phi) is 5.35. The highest BCUT2D eigenvalue weighted by atomic mass is 16.5. The summed E-state index contributed by atoms with van der Waals surface area (Å²) >= 11 is 0. The second-order valence-corrected chi connectivity index (χ2v) is 8.83. The Morgan fingerprint density at radius 1 is 1.07 bits per heavy atom. The predicted octanol–water partition coefficient (Wildman–Crippen LogP) is 3.09. The quantitative estimate of drug-likeness (QED) is 0.630. The molecule has 2 atom stereocenters. The summed E-state index contributed by atoms with van der Waals surface area (Å²) in [6.45, 7) is 8.04. The van der Waals surface area contributed by atoms with Gasteiger partial charge in [0, 0.05) is 45.1 Å². The molecule has 0 saturated carbocycles. The summed E-state index contributed by atoms with van der Waals surface area (Å²) in [5.41, 5.74) is 2.57. The zero-order chi connectivity index (χ0) is 20.4. The predicted molar refractivity (Wildman–Crippen MR) is 115 cm³/mol. The van der Waals surface area contributed by atoms with Crippen molar-refractivity contribution in [3.8, 4) is 0 Å². The molecular weight excluding hydrogens is 374 g/mol. The first-order chi connectivity index (χ1) is 14.7. The smallest absolute Gasteiger partial charge is 0.235 e. The van der Waals surface area contributed by atoms with Gasteiger partial charge in [-0.1, -0.05) is 41.6 Å². The van der Waals surface area contributed by atoms with Gasteiger partial charge in [0.1, 0.15) is 0 Å². The second kappa shape index (κ2) is 8.28. The van der Waals surface area contributed by atoms with Crippen molar-refractivity contribution in [2.24, 2.45) is 5.92 Å². The van der Waals surface area contributed by atoms with Crippen LogP contribution in [-0.2, 0) is 18.4 Å². The molecule has 2 aromatic heterocycles. The van der Waals surface area contributed by atoms with E-state index in [2.05, 4.69) is 56.3 Å². The first-order valence-electron chi connectivity index (χ1n) is 10.9. The van der Waals surface area contributed by atoms with Gasteiger partial charge in [-0.2, -0.15) is 4.98 Å². The van der Waals surface area contributed by atoms with Crippen LogP contribution < -0.4 is 0 Å². The van der Waals surface area contributed by atoms with Gasteiger partial charge in [0.25, 0.3) is 0 Å². The van der Waals surface area contributed by atoms with Gasteiger partial charge in [0.05, 0.1) is 5.41 Å². The SMILES string of the molecule is Cc1noc([C@]23CN(CCc4ccccc4)CC[C@H]2CN(Cc2cccnc2)C3)n1. The van der Waals surface area contributed by atoms with Crippen LogP contribution >= 0.6 is 0 Å². The average Bonchev–Trinajstić information content (AvgIpc) is 3.37. The molecule has 1 aromatic carbocycles. The van der Waals surface area contributed by atoms with Crippen molar-refractivity contribution in [1.82, 2.24) is 24.9 Å². The van der Waals surface area contributed by atoms with Crippen LogP contribution in [0, 0.1) is 12.8 Å². The van der Waals surface area contributed by atoms with Crippen LogP contribution in [-0.4, -0.2) is 57.6 Å². The molecule has 0 amide bonds. The Labute approximate surface area is 177 Å². The van der Waals surface area contributed by atoms with E-state index in [4.69, 9.17) is 9.51 Å². The van der Waals surface area contributed by atoms with Gasteiger partial charge in [-0.3, -0.25) is 9.88 Å². The molecule has 2 fully saturated rings. The van der Waals surface area contributed by atoms with E-state index < -0.39 is 0 Å². The number of hydrogen-bond acceptors (Lipinski definition) is 6. The lowest BCUT2D eigenvalue weighted by molar-refractivity contribution is 0.0936. The van der Waals surface area contributed by atoms with Crippen molar-refractivity contribution in [3.05, 3.63) is 77.7 Å². The summed E-state index contributed by atoms with van der Waals surface area (Å²) < 4.78 is 5.79. The molecule has 0 bridgehead atoms. The molecule has 2 aliphatic rings. The largest absolute Gasteiger partial charge is 0.339 e. The zero-order valence-corrected chi connectivity index (χ0v) is 17.6. The number of benzene rings is 1. The fraction of sp³-hybridized carbons (Fsp3) is 0.458. The number of likely N-dealkylation sites (tertiary alicyclic amines) is 2. The normalized spacial score (nSPS) is 24.8. The van der Waals surface area contributed by atoms with E-state index in [1.165, 1.54) is 17.5 Å². The molecule has 0 N–H and O–H groups in total. The lowest BCUT2D eigenvalue weighted by Gasteiger charge is -2.42. The minimum absolute atomic E-state index is 0.0849. The number of pyridine rings is 1. The highest BCUT2D eigenvalue weighted by molar-refractivity contribution is 5.20. The van der Waals surface area contributed by atoms with E-state index >= 15 is 0 Å². The molecule has 4 heterocycles. The maximum atomic E-state index is 5.79. The van der Waals surface area contributed by atoms with Gasteiger partial charge in [0.15, 0.2) is 5.82 Å². The van der Waals surface area contributed by atoms with E-state index in [-0.39, 0.29) is 5.41 Å². The highest BCUT2D eigenvalue weighted by Crippen LogP contribution is 2.44. The minimum Gasteiger partial charge on any atom is -0.339 e. The van der Waals surface area contributed by atoms with Crippen molar-refractivity contribution in [2.45, 2.75) is 31.7 Å². The van der Waals surface area contributed by atoms with Gasteiger partial charge in [-0.25, -0.2) is 0 Å². The molecule has 2 aliphatic heterocycles. The van der Waals surface area contributed by atoms with Crippen LogP contribution in [0.4, 0.5) is 0 Å². The summed E-state index contributed by atoms with van der Waals surface area (Å²) in [4.78, 5) is 14.1. The molecule has 0 radical (unpaired) electrons. The van der Waals surface area contributed by atoms with Crippen molar-refractivity contribution in [2.75, 3.05) is 32.7 Å². The highest BCUT2D eigenvalue weighted by Gasteiger charge is 2.54. The van der Waals surface area contributed by atoms with Crippen LogP contribution in [0.25, 0.3) is 0 Å². The third kappa shape index (κ3) is 3.89. The molecule has 6 heteroatoms. The molecular formula is C24H29N5O. The Bertz CT molecular complexity index is 960. The van der Waals surface area contributed by atoms with Crippen molar-refractivity contribution in [1.29, 1.82) is 0 Å². The molecule has 0 unspecified atom stereocenters. The standard InChI is InChI=1S/C24H29N5O/c1-19-26-23(30-27-19)24-17-28(12-9-20-6-3-2-4-7-20)13-10-22(24)16-29(18-24)15-21-8-5-11-25-14-21/h2-8,11,14,22H,9-10,12-13,15-18H2,1H3/t22-,24-/m0/s1. The Morgan fingerprint density at radius 3 is 2.67 bits per heavy atom. The fourth-order valence-corrected chi connectivity index (χ4v) is 5.24. The summed E-state index contributed by atoms with van der Waals surface area (Å²) in [6, 6.07) is 14.9. The molecule has 2 saturated heterocycles. The van der Waals surface area contributed by atoms with E-state index in [0.29, 0.717) is 5.92 Å². The Morgan fingerprint density at radius 2 is 1.90 bits per heavy atom. The molecule has 6 nitrogen and oxygen atoms in total. The van der Waals surface area contributed by atoms with Crippen LogP contribution in [0.1, 0.15) is 29.3 Å². The maximum absolute atomic E-state index is 5.79. The van der Waals surface area contributed by atoms with E-state index in [1.807, 2.05) is 25.4 Å². The van der Waals surface area contributed by atoms with Crippen LogP contribution in [0.3, 0.4) is 0 Å². The number of rotatable bonds is 6. The molecule has 30 heavy (non-hydrogen) atoms. The van der Waals surface area contributed by atoms with Crippen LogP contribution in [0.15, 0.2) is 59.4 Å². The zero-order valence-electron chi connectivity index (χ0n) is 17.6. The maximum Gasteiger partial charge on any atom is 0.235 e. The first-order valence-corrected chi connectivity index (χ1v) is 10.9. The average molecular weight is 404 g/mol. The number of aryl methyl sites for hydroxylation is 1. The summed E-state index contributed by atoms with van der Waals surface area (Å²) in [5, 5.41) is 4.14. The lowest BCUT2D eigenvalue weighted by atomic mass is 9.73. The topological polar surface area (TPSA) is 58.3 Å². The van der Waals surface area contributed by atoms with Gasteiger partial charge in [-0.05, 0) is 49.4 Å². The third-order valence-corrected chi connectivity index (χ3v) is 6.71. The van der Waals surface area contributed by atoms with Gasteiger partial charge in [-0.15, -0.1) is 0 Å². The Balaban J connectivity index is 1.35. The summed E-state index contributed by atoms with van der Waals surface area (Å²) in [5.74, 6) is 2.09. The monoisotopic (exact) mass is 403 g/mol. The lowest BCUT2D eigenvalue weighted by Crippen LogP contribution is -2.52. The van der Waals surface area contributed by atoms with Crippen molar-refractivity contribution < 1.29 is 4.52 Å². The van der Waals surface area contributed by atoms with Crippen molar-refractivity contribution >= 4 is 0 Å². The summed E-state index contributed by atoms with van der Waals surface area (Å²) in [7, 11) is 0. The van der Waals surface area contributed by atoms with E-state index in [1.54, 1.807) is 0 Å². The van der Waals surface area contributed by atoms with E-state index in [9.17, 15) is 0 Å². The van der Waals surface area contributed by atoms with E-state index in [0.717, 1.165) is 57.4 Å². The van der Waals surface area contributed by atoms with Gasteiger partial charge < -0.3 is 9.42 Å². The second-order valence-electron chi connectivity index (χ2n) is 8.83. The van der Waals surface area contributed by atoms with Gasteiger partial charge >= 0.3 is 0 Å². The molecule has 0 aliphatic carbocycles. The number of piperidine rings is 1. The van der Waals surface area contributed by atoms with Crippen LogP contribution in [0.2, 0.25) is 0 Å². The molecule has 0 spiro atoms. The Hall–Kier alpha value is -2.57. The molecule has 156 valence electrons. The minimum atomic E-state index is -0.0849. The number of hydrogen-bond donors (Lipinski definition) is 0. The number of fused-ring (bicyclic) bond motifs is 1. The molecule has 5 rings (SSSR count). The number of aromatic nitrogens is 3. The third-order valence-electron chi connectivity index (χ3n) is 6.71. The van der Waals surface area contributed by atoms with Crippen LogP contribution in [0.5, 0.6) is 0 Å². The van der Waals surface area contributed by atoms with Crippen molar-refractivity contribution in [3.63, 3.8) is 0 Å². The number of nitrogens with zero attached hydrogens (tertiary/aromatic N) is 5. The molecule has 3 aromatic rings. The van der Waals surface area contributed by atoms with Gasteiger partial charge in [0.2, 0.25) is 5.89 Å².